The number of fused-ring (bicyclic) bond motifs is 2. The molecule has 0 spiro atoms. The molecule has 0 amide bonds. The van der Waals surface area contributed by atoms with E-state index in [-0.39, 0.29) is 19.3 Å². The van der Waals surface area contributed by atoms with E-state index in [0.29, 0.717) is 0 Å². The van der Waals surface area contributed by atoms with Crippen molar-refractivity contribution in [3.8, 4) is 0 Å². The van der Waals surface area contributed by atoms with Gasteiger partial charge in [-0.1, -0.05) is 0 Å². The molecule has 0 N–H and O–H groups in total. The molecule has 0 saturated heterocycles. The molecule has 2 aliphatic rings. The lowest BCUT2D eigenvalue weighted by Crippen LogP contribution is -2.38. The Balaban J connectivity index is 2.28. The van der Waals surface area contributed by atoms with Gasteiger partial charge in [0, 0.05) is 12.8 Å². The Morgan fingerprint density at radius 1 is 0.909 bits per heavy atom. The molecule has 0 atom stereocenters. The van der Waals surface area contributed by atoms with E-state index in [1.165, 1.54) is 0 Å². The van der Waals surface area contributed by atoms with Crippen LogP contribution >= 0.6 is 0 Å². The minimum Gasteiger partial charge on any atom is -0.206 e. The molecule has 2 saturated carbocycles. The highest BCUT2D eigenvalue weighted by Crippen LogP contribution is 2.60. The van der Waals surface area contributed by atoms with Crippen molar-refractivity contribution in [3.63, 3.8) is 0 Å². The molecule has 2 bridgehead atoms. The summed E-state index contributed by atoms with van der Waals surface area (Å²) in [5.74, 6) is -8.32. The highest BCUT2D eigenvalue weighted by molar-refractivity contribution is 5.04. The topological polar surface area (TPSA) is 0 Å². The molecule has 4 heteroatoms. The summed E-state index contributed by atoms with van der Waals surface area (Å²) >= 11 is 0. The number of halogens is 4. The van der Waals surface area contributed by atoms with Gasteiger partial charge in [-0.05, 0) is 12.3 Å². The maximum absolute atomic E-state index is 12.7. The first-order chi connectivity index (χ1) is 4.92. The summed E-state index contributed by atoms with van der Waals surface area (Å²) in [6.07, 6.45) is -0.638. The monoisotopic (exact) mass is 168 g/mol. The predicted molar refractivity (Wildman–Crippen MR) is 30.7 cm³/mol. The average Bonchev–Trinajstić information content (AvgIpc) is 2.14. The summed E-state index contributed by atoms with van der Waals surface area (Å²) in [5.41, 5.74) is 0. The average molecular weight is 168 g/mol. The molecule has 0 aromatic rings. The predicted octanol–water partition coefficient (Wildman–Crippen LogP) is 2.69. The minimum absolute atomic E-state index is 0.0139. The van der Waals surface area contributed by atoms with Crippen LogP contribution in [0.15, 0.2) is 0 Å². The Hall–Kier alpha value is -0.280. The van der Waals surface area contributed by atoms with Gasteiger partial charge >= 0.3 is 0 Å². The molecular weight excluding hydrogens is 160 g/mol. The fourth-order valence-corrected chi connectivity index (χ4v) is 2.28. The first kappa shape index (κ1) is 7.37. The Kier molecular flexibility index (Phi) is 1.15. The van der Waals surface area contributed by atoms with Crippen molar-refractivity contribution < 1.29 is 17.6 Å². The smallest absolute Gasteiger partial charge is 0.206 e. The van der Waals surface area contributed by atoms with Crippen LogP contribution in [0.2, 0.25) is 0 Å². The van der Waals surface area contributed by atoms with Gasteiger partial charge in [-0.2, -0.15) is 0 Å². The van der Waals surface area contributed by atoms with Crippen LogP contribution < -0.4 is 0 Å². The van der Waals surface area contributed by atoms with Crippen molar-refractivity contribution >= 4 is 0 Å². The Bertz CT molecular complexity index is 169. The number of hydrogen-bond donors (Lipinski definition) is 0. The quantitative estimate of drug-likeness (QED) is 0.488. The molecule has 0 aliphatic heterocycles. The third-order valence-electron chi connectivity index (χ3n) is 2.71. The zero-order chi connectivity index (χ0) is 8.28. The molecule has 0 radical (unpaired) electrons. The molecule has 64 valence electrons. The number of rotatable bonds is 0. The van der Waals surface area contributed by atoms with Crippen LogP contribution in [0.25, 0.3) is 0 Å². The third kappa shape index (κ3) is 0.876. The van der Waals surface area contributed by atoms with Crippen molar-refractivity contribution in [2.75, 3.05) is 0 Å². The van der Waals surface area contributed by atoms with Gasteiger partial charge in [0.05, 0.1) is 5.92 Å². The van der Waals surface area contributed by atoms with Gasteiger partial charge in [0.15, 0.2) is 0 Å². The zero-order valence-corrected chi connectivity index (χ0v) is 5.79. The summed E-state index contributed by atoms with van der Waals surface area (Å²) in [4.78, 5) is 0. The molecule has 2 aliphatic carbocycles. The maximum Gasteiger partial charge on any atom is 0.256 e. The SMILES string of the molecule is FC1(F)CC2CC1C(F)(F)C2. The second-order valence-electron chi connectivity index (χ2n) is 3.58. The second-order valence-corrected chi connectivity index (χ2v) is 3.58. The standard InChI is InChI=1S/C7H8F4/c8-6(9)2-4-1-5(6)7(10,11)3-4/h4-5H,1-3H2. The van der Waals surface area contributed by atoms with E-state index >= 15 is 0 Å². The van der Waals surface area contributed by atoms with E-state index in [1.54, 1.807) is 0 Å². The van der Waals surface area contributed by atoms with Crippen LogP contribution in [-0.2, 0) is 0 Å². The Morgan fingerprint density at radius 3 is 1.55 bits per heavy atom. The van der Waals surface area contributed by atoms with Crippen molar-refractivity contribution in [1.82, 2.24) is 0 Å². The van der Waals surface area contributed by atoms with E-state index in [2.05, 4.69) is 0 Å². The van der Waals surface area contributed by atoms with E-state index in [0.717, 1.165) is 0 Å². The van der Waals surface area contributed by atoms with E-state index < -0.39 is 23.7 Å². The van der Waals surface area contributed by atoms with Crippen LogP contribution in [0.4, 0.5) is 17.6 Å². The molecule has 11 heavy (non-hydrogen) atoms. The molecule has 2 fully saturated rings. The van der Waals surface area contributed by atoms with E-state index in [4.69, 9.17) is 0 Å². The van der Waals surface area contributed by atoms with Crippen molar-refractivity contribution in [3.05, 3.63) is 0 Å². The van der Waals surface area contributed by atoms with Crippen molar-refractivity contribution in [1.29, 1.82) is 0 Å². The minimum atomic E-state index is -3.10. The van der Waals surface area contributed by atoms with Gasteiger partial charge in [-0.25, -0.2) is 17.6 Å². The summed E-state index contributed by atoms with van der Waals surface area (Å²) in [6, 6.07) is 0. The van der Waals surface area contributed by atoms with Crippen molar-refractivity contribution in [2.24, 2.45) is 11.8 Å². The Morgan fingerprint density at radius 2 is 1.36 bits per heavy atom. The van der Waals surface area contributed by atoms with E-state index in [9.17, 15) is 17.6 Å². The van der Waals surface area contributed by atoms with Crippen LogP contribution in [0.1, 0.15) is 19.3 Å². The second kappa shape index (κ2) is 1.72. The lowest BCUT2D eigenvalue weighted by atomic mass is 9.93. The van der Waals surface area contributed by atoms with Gasteiger partial charge in [-0.3, -0.25) is 0 Å². The fraction of sp³-hybridized carbons (Fsp3) is 1.00. The maximum atomic E-state index is 12.7. The van der Waals surface area contributed by atoms with Gasteiger partial charge < -0.3 is 0 Å². The summed E-state index contributed by atoms with van der Waals surface area (Å²) < 4.78 is 50.6. The number of hydrogen-bond acceptors (Lipinski definition) is 0. The number of alkyl halides is 4. The largest absolute Gasteiger partial charge is 0.256 e. The molecule has 0 aromatic heterocycles. The third-order valence-corrected chi connectivity index (χ3v) is 2.71. The van der Waals surface area contributed by atoms with Crippen LogP contribution in [-0.4, -0.2) is 11.8 Å². The zero-order valence-electron chi connectivity index (χ0n) is 5.79. The van der Waals surface area contributed by atoms with Crippen molar-refractivity contribution in [2.45, 2.75) is 31.1 Å². The highest BCUT2D eigenvalue weighted by Gasteiger charge is 2.66. The van der Waals surface area contributed by atoms with Crippen LogP contribution in [0, 0.1) is 11.8 Å². The fourth-order valence-electron chi connectivity index (χ4n) is 2.28. The molecule has 0 aromatic carbocycles. The van der Waals surface area contributed by atoms with Crippen LogP contribution in [0.5, 0.6) is 0 Å². The van der Waals surface area contributed by atoms with Gasteiger partial charge in [0.2, 0.25) is 0 Å². The molecule has 0 unspecified atom stereocenters. The van der Waals surface area contributed by atoms with Crippen LogP contribution in [0.3, 0.4) is 0 Å². The first-order valence-corrected chi connectivity index (χ1v) is 3.67. The highest BCUT2D eigenvalue weighted by atomic mass is 19.3. The van der Waals surface area contributed by atoms with Gasteiger partial charge in [-0.15, -0.1) is 0 Å². The summed E-state index contributed by atoms with van der Waals surface area (Å²) in [5, 5.41) is 0. The summed E-state index contributed by atoms with van der Waals surface area (Å²) in [6.45, 7) is 0. The first-order valence-electron chi connectivity index (χ1n) is 3.67. The Labute approximate surface area is 61.6 Å². The normalized spacial score (nSPS) is 44.7. The van der Waals surface area contributed by atoms with E-state index in [1.807, 2.05) is 0 Å². The molecule has 0 nitrogen and oxygen atoms in total. The molecule has 0 heterocycles. The molecule has 2 rings (SSSR count). The molecular formula is C7H8F4. The van der Waals surface area contributed by atoms with Gasteiger partial charge in [0.1, 0.15) is 0 Å². The lowest BCUT2D eigenvalue weighted by molar-refractivity contribution is -0.166. The summed E-state index contributed by atoms with van der Waals surface area (Å²) in [7, 11) is 0. The van der Waals surface area contributed by atoms with Gasteiger partial charge in [0.25, 0.3) is 11.8 Å². The lowest BCUT2D eigenvalue weighted by Gasteiger charge is -2.28.